The molecule has 1 aromatic heterocycles. The molecule has 0 unspecified atom stereocenters. The Kier molecular flexibility index (Phi) is 6.88. The van der Waals surface area contributed by atoms with Crippen molar-refractivity contribution in [3.05, 3.63) is 28.8 Å². The van der Waals surface area contributed by atoms with Crippen LogP contribution in [0.1, 0.15) is 36.8 Å². The lowest BCUT2D eigenvalue weighted by Crippen LogP contribution is -2.17. The lowest BCUT2D eigenvalue weighted by Gasteiger charge is -2.10. The summed E-state index contributed by atoms with van der Waals surface area (Å²) in [4.78, 5) is 24.0. The number of nitrogens with zero attached hydrogens (tertiary/aromatic N) is 2. The first-order valence-corrected chi connectivity index (χ1v) is 8.90. The number of ether oxygens (including phenoxy) is 1. The summed E-state index contributed by atoms with van der Waals surface area (Å²) < 4.78 is 5.22. The molecule has 2 aromatic rings. The van der Waals surface area contributed by atoms with Gasteiger partial charge in [0.2, 0.25) is 16.9 Å². The van der Waals surface area contributed by atoms with E-state index in [1.54, 1.807) is 13.2 Å². The van der Waals surface area contributed by atoms with E-state index in [1.807, 2.05) is 19.1 Å². The Hall–Kier alpha value is -2.48. The molecular weight excluding hydrogens is 340 g/mol. The minimum Gasteiger partial charge on any atom is -0.495 e. The van der Waals surface area contributed by atoms with Crippen LogP contribution in [0.25, 0.3) is 0 Å². The molecule has 1 heterocycles. The van der Waals surface area contributed by atoms with Crippen molar-refractivity contribution in [3.8, 4) is 5.75 Å². The second-order valence-corrected chi connectivity index (χ2v) is 6.61. The van der Waals surface area contributed by atoms with Crippen molar-refractivity contribution >= 4 is 34.0 Å². The number of carbonyl (C=O) groups is 2. The molecule has 0 atom stereocenters. The number of methoxy groups -OCH3 is 1. The number of aryl methyl sites for hydroxylation is 2. The molecule has 1 aromatic carbocycles. The molecule has 0 saturated carbocycles. The average Bonchev–Trinajstić information content (AvgIpc) is 3.00. The van der Waals surface area contributed by atoms with Crippen LogP contribution in [0.5, 0.6) is 5.75 Å². The van der Waals surface area contributed by atoms with Crippen LogP contribution in [0.2, 0.25) is 0 Å². The highest BCUT2D eigenvalue weighted by Crippen LogP contribution is 2.25. The van der Waals surface area contributed by atoms with Crippen molar-refractivity contribution in [2.75, 3.05) is 17.7 Å². The quantitative estimate of drug-likeness (QED) is 0.752. The van der Waals surface area contributed by atoms with Crippen LogP contribution < -0.4 is 15.4 Å². The Morgan fingerprint density at radius 2 is 1.88 bits per heavy atom. The van der Waals surface area contributed by atoms with Gasteiger partial charge >= 0.3 is 0 Å². The normalized spacial score (nSPS) is 10.4. The second-order valence-electron chi connectivity index (χ2n) is 5.55. The Morgan fingerprint density at radius 1 is 1.16 bits per heavy atom. The molecule has 0 saturated heterocycles. The first-order valence-electron chi connectivity index (χ1n) is 8.08. The standard InChI is InChI=1S/C17H22N4O3S/c1-4-5-16-20-21-17(25-16)19-15(23)9-8-14(22)18-12-10-11(2)6-7-13(12)24-3/h6-7,10H,4-5,8-9H2,1-3H3,(H,18,22)(H,19,21,23). The first kappa shape index (κ1) is 18.9. The highest BCUT2D eigenvalue weighted by molar-refractivity contribution is 7.15. The van der Waals surface area contributed by atoms with Crippen LogP contribution in [0, 0.1) is 6.92 Å². The molecule has 25 heavy (non-hydrogen) atoms. The van der Waals surface area contributed by atoms with E-state index in [-0.39, 0.29) is 24.7 Å². The maximum atomic E-state index is 12.1. The molecule has 0 radical (unpaired) electrons. The molecule has 0 bridgehead atoms. The van der Waals surface area contributed by atoms with Crippen LogP contribution in [0.4, 0.5) is 10.8 Å². The van der Waals surface area contributed by atoms with Gasteiger partial charge < -0.3 is 15.4 Å². The first-order chi connectivity index (χ1) is 12.0. The number of rotatable bonds is 8. The summed E-state index contributed by atoms with van der Waals surface area (Å²) in [5, 5.41) is 14.7. The van der Waals surface area contributed by atoms with E-state index < -0.39 is 0 Å². The van der Waals surface area contributed by atoms with Crippen LogP contribution in [0.15, 0.2) is 18.2 Å². The fourth-order valence-corrected chi connectivity index (χ4v) is 3.02. The van der Waals surface area contributed by atoms with Crippen LogP contribution in [-0.4, -0.2) is 29.1 Å². The highest BCUT2D eigenvalue weighted by atomic mass is 32.1. The average molecular weight is 362 g/mol. The van der Waals surface area contributed by atoms with E-state index in [0.717, 1.165) is 23.4 Å². The fourth-order valence-electron chi connectivity index (χ4n) is 2.16. The molecule has 0 aliphatic heterocycles. The van der Waals surface area contributed by atoms with Gasteiger partial charge in [-0.3, -0.25) is 9.59 Å². The highest BCUT2D eigenvalue weighted by Gasteiger charge is 2.12. The molecule has 0 aliphatic carbocycles. The maximum absolute atomic E-state index is 12.1. The van der Waals surface area contributed by atoms with Crippen molar-refractivity contribution in [1.82, 2.24) is 10.2 Å². The Morgan fingerprint density at radius 3 is 2.56 bits per heavy atom. The van der Waals surface area contributed by atoms with Crippen LogP contribution >= 0.6 is 11.3 Å². The van der Waals surface area contributed by atoms with Gasteiger partial charge in [0.15, 0.2) is 0 Å². The van der Waals surface area contributed by atoms with Gasteiger partial charge in [-0.15, -0.1) is 10.2 Å². The third-order valence-corrected chi connectivity index (χ3v) is 4.28. The SMILES string of the molecule is CCCc1nnc(NC(=O)CCC(=O)Nc2cc(C)ccc2OC)s1. The van der Waals surface area contributed by atoms with Crippen molar-refractivity contribution in [2.45, 2.75) is 39.5 Å². The molecule has 2 N–H and O–H groups in total. The van der Waals surface area contributed by atoms with E-state index in [1.165, 1.54) is 11.3 Å². The van der Waals surface area contributed by atoms with Crippen molar-refractivity contribution in [1.29, 1.82) is 0 Å². The van der Waals surface area contributed by atoms with Crippen molar-refractivity contribution in [2.24, 2.45) is 0 Å². The number of carbonyl (C=O) groups excluding carboxylic acids is 2. The van der Waals surface area contributed by atoms with Crippen LogP contribution in [0.3, 0.4) is 0 Å². The van der Waals surface area contributed by atoms with E-state index >= 15 is 0 Å². The number of anilines is 2. The smallest absolute Gasteiger partial charge is 0.226 e. The summed E-state index contributed by atoms with van der Waals surface area (Å²) in [5.74, 6) is 0.0780. The Labute approximate surface area is 150 Å². The minimum atomic E-state index is -0.259. The largest absolute Gasteiger partial charge is 0.495 e. The topological polar surface area (TPSA) is 93.2 Å². The van der Waals surface area contributed by atoms with E-state index in [0.29, 0.717) is 16.6 Å². The van der Waals surface area contributed by atoms with Gasteiger partial charge in [-0.25, -0.2) is 0 Å². The monoisotopic (exact) mass is 362 g/mol. The molecular formula is C17H22N4O3S. The summed E-state index contributed by atoms with van der Waals surface area (Å²) in [6.07, 6.45) is 1.96. The van der Waals surface area contributed by atoms with Gasteiger partial charge in [0.1, 0.15) is 10.8 Å². The predicted octanol–water partition coefficient (Wildman–Crippen LogP) is 3.17. The molecule has 8 heteroatoms. The number of nitrogens with one attached hydrogen (secondary N) is 2. The fraction of sp³-hybridized carbons (Fsp3) is 0.412. The van der Waals surface area contributed by atoms with Crippen molar-refractivity contribution < 1.29 is 14.3 Å². The minimum absolute atomic E-state index is 0.0721. The zero-order chi connectivity index (χ0) is 18.2. The molecule has 0 aliphatic rings. The van der Waals surface area contributed by atoms with Gasteiger partial charge in [0.25, 0.3) is 0 Å². The van der Waals surface area contributed by atoms with Gasteiger partial charge in [-0.05, 0) is 31.0 Å². The number of hydrogen-bond acceptors (Lipinski definition) is 6. The van der Waals surface area contributed by atoms with E-state index in [4.69, 9.17) is 4.74 Å². The molecule has 0 spiro atoms. The zero-order valence-corrected chi connectivity index (χ0v) is 15.4. The molecule has 2 rings (SSSR count). The van der Waals surface area contributed by atoms with Gasteiger partial charge in [-0.1, -0.05) is 24.3 Å². The Bertz CT molecular complexity index is 745. The third kappa shape index (κ3) is 5.82. The summed E-state index contributed by atoms with van der Waals surface area (Å²) in [6, 6.07) is 5.52. The lowest BCUT2D eigenvalue weighted by molar-refractivity contribution is -0.121. The van der Waals surface area contributed by atoms with Gasteiger partial charge in [0.05, 0.1) is 12.8 Å². The van der Waals surface area contributed by atoms with Gasteiger partial charge in [0, 0.05) is 19.3 Å². The molecule has 0 fully saturated rings. The number of benzene rings is 1. The van der Waals surface area contributed by atoms with Crippen molar-refractivity contribution in [3.63, 3.8) is 0 Å². The summed E-state index contributed by atoms with van der Waals surface area (Å²) >= 11 is 1.36. The molecule has 134 valence electrons. The van der Waals surface area contributed by atoms with E-state index in [9.17, 15) is 9.59 Å². The predicted molar refractivity (Wildman–Crippen MR) is 98.1 cm³/mol. The summed E-state index contributed by atoms with van der Waals surface area (Å²) in [5.41, 5.74) is 1.61. The lowest BCUT2D eigenvalue weighted by atomic mass is 10.2. The molecule has 2 amide bonds. The van der Waals surface area contributed by atoms with E-state index in [2.05, 4.69) is 27.8 Å². The van der Waals surface area contributed by atoms with Crippen LogP contribution in [-0.2, 0) is 16.0 Å². The summed E-state index contributed by atoms with van der Waals surface area (Å²) in [6.45, 7) is 3.99. The summed E-state index contributed by atoms with van der Waals surface area (Å²) in [7, 11) is 1.54. The number of hydrogen-bond donors (Lipinski definition) is 2. The zero-order valence-electron chi connectivity index (χ0n) is 14.6. The Balaban J connectivity index is 1.83. The molecule has 7 nitrogen and oxygen atoms in total. The third-order valence-electron chi connectivity index (χ3n) is 3.39. The maximum Gasteiger partial charge on any atom is 0.226 e. The van der Waals surface area contributed by atoms with Gasteiger partial charge in [-0.2, -0.15) is 0 Å². The second kappa shape index (κ2) is 9.12. The number of amides is 2. The number of aromatic nitrogens is 2.